The first kappa shape index (κ1) is 20.9. The minimum absolute atomic E-state index is 0.0968. The maximum atomic E-state index is 13.1. The number of nitrogens with zero attached hydrogens (tertiary/aromatic N) is 3. The predicted molar refractivity (Wildman–Crippen MR) is 109 cm³/mol. The van der Waals surface area contributed by atoms with Gasteiger partial charge in [0.05, 0.1) is 23.9 Å². The number of methoxy groups -OCH3 is 1. The summed E-state index contributed by atoms with van der Waals surface area (Å²) in [5.41, 5.74) is 2.44. The van der Waals surface area contributed by atoms with E-state index in [1.54, 1.807) is 6.07 Å². The van der Waals surface area contributed by atoms with Gasteiger partial charge in [-0.05, 0) is 30.3 Å². The third-order valence-corrected chi connectivity index (χ3v) is 4.68. The number of H-pyrrole nitrogens is 1. The number of hydrogen-bond donors (Lipinski definition) is 3. The molecule has 0 aliphatic heterocycles. The molecule has 4 N–H and O–H groups in total. The standard InChI is InChI=1S/C20H14F3N5O4/c1-32-12-7-3-6-11(15(12)29)17-25-13-14(18(30)27-17)26-19(31)28(16(13)24)10-5-2-4-9(8-10)20(21,22)23/h2-8,29H,24H2,1H3,(H,25,27,30). The molecule has 0 spiro atoms. The lowest BCUT2D eigenvalue weighted by molar-refractivity contribution is -0.137. The first-order valence-electron chi connectivity index (χ1n) is 8.98. The average Bonchev–Trinajstić information content (AvgIpc) is 2.74. The number of halogens is 3. The Bertz CT molecular complexity index is 1480. The van der Waals surface area contributed by atoms with Crippen molar-refractivity contribution in [2.24, 2.45) is 0 Å². The van der Waals surface area contributed by atoms with E-state index >= 15 is 0 Å². The molecule has 2 heterocycles. The van der Waals surface area contributed by atoms with E-state index in [4.69, 9.17) is 10.5 Å². The summed E-state index contributed by atoms with van der Waals surface area (Å²) in [6.07, 6.45) is -4.65. The molecule has 0 bridgehead atoms. The second-order valence-corrected chi connectivity index (χ2v) is 6.63. The normalized spacial score (nSPS) is 11.6. The van der Waals surface area contributed by atoms with Crippen molar-refractivity contribution in [3.8, 4) is 28.6 Å². The number of alkyl halides is 3. The Hall–Kier alpha value is -4.35. The molecule has 0 saturated carbocycles. The van der Waals surface area contributed by atoms with Crippen LogP contribution in [0.5, 0.6) is 11.5 Å². The number of ether oxygens (including phenoxy) is 1. The Balaban J connectivity index is 2.00. The number of rotatable bonds is 3. The van der Waals surface area contributed by atoms with E-state index < -0.39 is 34.3 Å². The first-order chi connectivity index (χ1) is 15.1. The number of aromatic nitrogens is 4. The number of phenolic OH excluding ortho intramolecular Hbond substituents is 1. The number of anilines is 1. The van der Waals surface area contributed by atoms with Crippen LogP contribution >= 0.6 is 0 Å². The van der Waals surface area contributed by atoms with Crippen LogP contribution in [0.2, 0.25) is 0 Å². The molecule has 4 rings (SSSR count). The van der Waals surface area contributed by atoms with Gasteiger partial charge in [-0.2, -0.15) is 18.2 Å². The van der Waals surface area contributed by atoms with Crippen LogP contribution in [0.1, 0.15) is 5.56 Å². The third kappa shape index (κ3) is 3.41. The van der Waals surface area contributed by atoms with Gasteiger partial charge in [0.1, 0.15) is 17.2 Å². The van der Waals surface area contributed by atoms with E-state index in [0.717, 1.165) is 22.8 Å². The highest BCUT2D eigenvalue weighted by Gasteiger charge is 2.31. The molecule has 0 radical (unpaired) electrons. The van der Waals surface area contributed by atoms with Crippen LogP contribution in [-0.2, 0) is 6.18 Å². The van der Waals surface area contributed by atoms with Crippen molar-refractivity contribution in [2.45, 2.75) is 6.18 Å². The quantitative estimate of drug-likeness (QED) is 0.441. The van der Waals surface area contributed by atoms with Crippen molar-refractivity contribution in [2.75, 3.05) is 12.8 Å². The number of aromatic amines is 1. The third-order valence-electron chi connectivity index (χ3n) is 4.68. The Kier molecular flexibility index (Phi) is 4.84. The van der Waals surface area contributed by atoms with Gasteiger partial charge >= 0.3 is 11.9 Å². The van der Waals surface area contributed by atoms with Crippen LogP contribution in [0.3, 0.4) is 0 Å². The maximum Gasteiger partial charge on any atom is 0.416 e. The molecule has 0 saturated heterocycles. The Labute approximate surface area is 176 Å². The van der Waals surface area contributed by atoms with E-state index in [1.807, 2.05) is 0 Å². The fourth-order valence-electron chi connectivity index (χ4n) is 3.18. The van der Waals surface area contributed by atoms with E-state index in [0.29, 0.717) is 0 Å². The molecule has 9 nitrogen and oxygen atoms in total. The summed E-state index contributed by atoms with van der Waals surface area (Å²) in [6.45, 7) is 0. The number of hydrogen-bond acceptors (Lipinski definition) is 7. The molecule has 12 heteroatoms. The molecule has 4 aromatic rings. The largest absolute Gasteiger partial charge is 0.504 e. The second kappa shape index (κ2) is 7.41. The number of benzene rings is 2. The van der Waals surface area contributed by atoms with Gasteiger partial charge in [-0.1, -0.05) is 12.1 Å². The average molecular weight is 445 g/mol. The molecule has 0 atom stereocenters. The fraction of sp³-hybridized carbons (Fsp3) is 0.100. The summed E-state index contributed by atoms with van der Waals surface area (Å²) < 4.78 is 45.1. The van der Waals surface area contributed by atoms with Gasteiger partial charge in [0, 0.05) is 0 Å². The number of nitrogens with one attached hydrogen (secondary N) is 1. The van der Waals surface area contributed by atoms with Crippen LogP contribution in [0, 0.1) is 0 Å². The van der Waals surface area contributed by atoms with Crippen molar-refractivity contribution < 1.29 is 23.0 Å². The highest BCUT2D eigenvalue weighted by molar-refractivity contribution is 5.86. The molecule has 0 aliphatic rings. The molecule has 2 aromatic carbocycles. The van der Waals surface area contributed by atoms with E-state index in [9.17, 15) is 27.9 Å². The Morgan fingerprint density at radius 2 is 1.81 bits per heavy atom. The zero-order valence-corrected chi connectivity index (χ0v) is 16.3. The molecular formula is C20H14F3N5O4. The van der Waals surface area contributed by atoms with Crippen molar-refractivity contribution in [3.05, 3.63) is 68.9 Å². The number of nitrogen functional groups attached to an aromatic ring is 1. The number of nitrogens with two attached hydrogens (primary N) is 1. The van der Waals surface area contributed by atoms with Gasteiger partial charge in [-0.25, -0.2) is 14.3 Å². The molecule has 0 amide bonds. The van der Waals surface area contributed by atoms with Gasteiger partial charge in [0.2, 0.25) is 0 Å². The number of aromatic hydroxyl groups is 1. The monoisotopic (exact) mass is 445 g/mol. The highest BCUT2D eigenvalue weighted by atomic mass is 19.4. The first-order valence-corrected chi connectivity index (χ1v) is 8.98. The maximum absolute atomic E-state index is 13.1. The lowest BCUT2D eigenvalue weighted by Crippen LogP contribution is -2.28. The van der Waals surface area contributed by atoms with Crippen LogP contribution in [0.4, 0.5) is 19.0 Å². The van der Waals surface area contributed by atoms with Gasteiger partial charge in [-0.3, -0.25) is 4.79 Å². The van der Waals surface area contributed by atoms with E-state index in [1.165, 1.54) is 25.3 Å². The molecule has 0 fully saturated rings. The van der Waals surface area contributed by atoms with Crippen molar-refractivity contribution >= 4 is 16.9 Å². The fourth-order valence-corrected chi connectivity index (χ4v) is 3.18. The topological polar surface area (TPSA) is 136 Å². The summed E-state index contributed by atoms with van der Waals surface area (Å²) in [5, 5.41) is 10.4. The smallest absolute Gasteiger partial charge is 0.416 e. The number of fused-ring (bicyclic) bond motifs is 1. The zero-order chi connectivity index (χ0) is 23.2. The molecule has 0 unspecified atom stereocenters. The van der Waals surface area contributed by atoms with E-state index in [2.05, 4.69) is 15.0 Å². The Morgan fingerprint density at radius 3 is 2.50 bits per heavy atom. The van der Waals surface area contributed by atoms with Crippen molar-refractivity contribution in [1.29, 1.82) is 0 Å². The van der Waals surface area contributed by atoms with Crippen LogP contribution in [-0.4, -0.2) is 31.7 Å². The SMILES string of the molecule is COc1cccc(-c2nc3c(N)n(-c4cccc(C(F)(F)F)c4)c(=O)nc3c(=O)[nH]2)c1O. The van der Waals surface area contributed by atoms with Crippen molar-refractivity contribution in [3.63, 3.8) is 0 Å². The summed E-state index contributed by atoms with van der Waals surface area (Å²) in [4.78, 5) is 35.3. The van der Waals surface area contributed by atoms with Crippen LogP contribution < -0.4 is 21.7 Å². The lowest BCUT2D eigenvalue weighted by atomic mass is 10.1. The summed E-state index contributed by atoms with van der Waals surface area (Å²) in [5.74, 6) is -0.698. The minimum Gasteiger partial charge on any atom is -0.504 e. The van der Waals surface area contributed by atoms with Gasteiger partial charge in [-0.15, -0.1) is 0 Å². The van der Waals surface area contributed by atoms with Crippen molar-refractivity contribution in [1.82, 2.24) is 19.5 Å². The van der Waals surface area contributed by atoms with Crippen LogP contribution in [0.15, 0.2) is 52.1 Å². The highest BCUT2D eigenvalue weighted by Crippen LogP contribution is 2.35. The van der Waals surface area contributed by atoms with E-state index in [-0.39, 0.29) is 34.1 Å². The molecular weight excluding hydrogens is 431 g/mol. The molecule has 0 aliphatic carbocycles. The predicted octanol–water partition coefficient (Wildman–Crippen LogP) is 2.45. The minimum atomic E-state index is -4.65. The molecule has 32 heavy (non-hydrogen) atoms. The molecule has 164 valence electrons. The summed E-state index contributed by atoms with van der Waals surface area (Å²) in [7, 11) is 1.34. The Morgan fingerprint density at radius 1 is 1.09 bits per heavy atom. The second-order valence-electron chi connectivity index (χ2n) is 6.63. The molecule has 2 aromatic heterocycles. The summed E-state index contributed by atoms with van der Waals surface area (Å²) >= 11 is 0. The number of phenols is 1. The summed E-state index contributed by atoms with van der Waals surface area (Å²) in [6, 6.07) is 8.40. The van der Waals surface area contributed by atoms with Gasteiger partial charge in [0.25, 0.3) is 5.56 Å². The zero-order valence-electron chi connectivity index (χ0n) is 16.3. The van der Waals surface area contributed by atoms with Gasteiger partial charge < -0.3 is 20.6 Å². The number of para-hydroxylation sites is 1. The van der Waals surface area contributed by atoms with Crippen LogP contribution in [0.25, 0.3) is 28.1 Å². The lowest BCUT2D eigenvalue weighted by Gasteiger charge is -2.14. The van der Waals surface area contributed by atoms with Gasteiger partial charge in [0.15, 0.2) is 17.0 Å².